The number of ether oxygens (including phenoxy) is 1. The van der Waals surface area contributed by atoms with Gasteiger partial charge in [0.05, 0.1) is 18.5 Å². The number of nitrogens with one attached hydrogen (secondary N) is 1. The fourth-order valence-electron chi connectivity index (χ4n) is 4.17. The lowest BCUT2D eigenvalue weighted by molar-refractivity contribution is -0.119. The molecule has 4 rings (SSSR count). The number of nitrogens with zero attached hydrogens (tertiary/aromatic N) is 4. The average molecular weight is 471 g/mol. The van der Waals surface area contributed by atoms with Crippen LogP contribution in [-0.4, -0.2) is 66.0 Å². The number of carbonyl (C=O) groups is 1. The molecule has 12 nitrogen and oxygen atoms in total. The Morgan fingerprint density at radius 2 is 1.91 bits per heavy atom. The van der Waals surface area contributed by atoms with Crippen molar-refractivity contribution >= 4 is 22.9 Å². The second-order valence-corrected chi connectivity index (χ2v) is 8.51. The van der Waals surface area contributed by atoms with Crippen LogP contribution in [0.1, 0.15) is 31.1 Å². The zero-order valence-electron chi connectivity index (χ0n) is 18.6. The molecule has 12 heteroatoms. The van der Waals surface area contributed by atoms with E-state index in [1.165, 1.54) is 17.2 Å². The van der Waals surface area contributed by atoms with E-state index in [0.717, 1.165) is 5.56 Å². The summed E-state index contributed by atoms with van der Waals surface area (Å²) in [4.78, 5) is 23.7. The lowest BCUT2D eigenvalue weighted by Gasteiger charge is -2.24. The number of aliphatic hydroxyl groups is 2. The zero-order valence-corrected chi connectivity index (χ0v) is 18.6. The van der Waals surface area contributed by atoms with Gasteiger partial charge in [0.1, 0.15) is 24.1 Å². The Morgan fingerprint density at radius 3 is 2.65 bits per heavy atom. The van der Waals surface area contributed by atoms with Crippen LogP contribution in [0.4, 0.5) is 5.82 Å². The molecule has 3 aromatic rings. The molecule has 0 radical (unpaired) electrons. The van der Waals surface area contributed by atoms with Gasteiger partial charge in [-0.25, -0.2) is 15.0 Å². The highest BCUT2D eigenvalue weighted by Crippen LogP contribution is 2.34. The third-order valence-electron chi connectivity index (χ3n) is 6.14. The van der Waals surface area contributed by atoms with Gasteiger partial charge in [-0.05, 0) is 24.8 Å². The van der Waals surface area contributed by atoms with E-state index in [1.54, 1.807) is 0 Å². The number of carbonyl (C=O) groups excluding carboxylic acids is 1. The molecule has 0 bridgehead atoms. The number of amides is 1. The molecule has 0 spiro atoms. The summed E-state index contributed by atoms with van der Waals surface area (Å²) in [6.07, 6.45) is 0.0924. The summed E-state index contributed by atoms with van der Waals surface area (Å²) in [5.41, 5.74) is 18.9. The minimum absolute atomic E-state index is 0.159. The van der Waals surface area contributed by atoms with Gasteiger partial charge < -0.3 is 37.5 Å². The van der Waals surface area contributed by atoms with Crippen molar-refractivity contribution in [2.24, 2.45) is 11.5 Å². The molecule has 1 aromatic carbocycles. The molecule has 9 N–H and O–H groups in total. The van der Waals surface area contributed by atoms with Crippen molar-refractivity contribution in [3.05, 3.63) is 48.5 Å². The topological polar surface area (TPSA) is 200 Å². The summed E-state index contributed by atoms with van der Waals surface area (Å²) in [6, 6.07) is 8.91. The third kappa shape index (κ3) is 5.16. The van der Waals surface area contributed by atoms with Crippen LogP contribution in [0.25, 0.3) is 11.2 Å². The lowest BCUT2D eigenvalue weighted by atomic mass is 9.97. The number of hydrogen-bond acceptors (Lipinski definition) is 10. The number of primary amides is 1. The highest BCUT2D eigenvalue weighted by Gasteiger charge is 2.45. The molecule has 1 aliphatic rings. The summed E-state index contributed by atoms with van der Waals surface area (Å²) < 4.78 is 7.61. The summed E-state index contributed by atoms with van der Waals surface area (Å²) in [7, 11) is 0. The quantitative estimate of drug-likeness (QED) is 0.217. The highest BCUT2D eigenvalue weighted by molar-refractivity contribution is 5.81. The van der Waals surface area contributed by atoms with Crippen molar-refractivity contribution in [1.82, 2.24) is 24.8 Å². The van der Waals surface area contributed by atoms with Crippen molar-refractivity contribution in [3.63, 3.8) is 0 Å². The molecule has 0 aliphatic carbocycles. The van der Waals surface area contributed by atoms with Gasteiger partial charge in [0, 0.05) is 12.6 Å². The number of aromatic nitrogens is 4. The van der Waals surface area contributed by atoms with E-state index in [0.29, 0.717) is 37.0 Å². The number of aliphatic hydroxyl groups excluding tert-OH is 2. The van der Waals surface area contributed by atoms with Gasteiger partial charge in [-0.1, -0.05) is 30.3 Å². The SMILES string of the molecule is NC(=O)[C@@H](N)CC[C@@H](C[C@H]1O[C@@H](n2cnc3c(N)ncnc32)C(O)[C@H]1O)NCc1ccccc1. The Kier molecular flexibility index (Phi) is 7.34. The Labute approximate surface area is 196 Å². The van der Waals surface area contributed by atoms with E-state index in [-0.39, 0.29) is 11.9 Å². The fourth-order valence-corrected chi connectivity index (χ4v) is 4.17. The molecule has 3 heterocycles. The summed E-state index contributed by atoms with van der Waals surface area (Å²) in [5.74, 6) is -0.355. The molecule has 182 valence electrons. The minimum Gasteiger partial charge on any atom is -0.388 e. The van der Waals surface area contributed by atoms with Gasteiger partial charge in [0.15, 0.2) is 17.7 Å². The van der Waals surface area contributed by atoms with E-state index in [2.05, 4.69) is 20.3 Å². The van der Waals surface area contributed by atoms with Crippen LogP contribution in [0.5, 0.6) is 0 Å². The first-order chi connectivity index (χ1) is 16.3. The number of fused-ring (bicyclic) bond motifs is 1. The molecule has 1 amide bonds. The number of rotatable bonds is 10. The van der Waals surface area contributed by atoms with Gasteiger partial charge in [-0.15, -0.1) is 0 Å². The molecule has 34 heavy (non-hydrogen) atoms. The molecular formula is C22H30N8O4. The molecule has 2 aromatic heterocycles. The van der Waals surface area contributed by atoms with Crippen LogP contribution < -0.4 is 22.5 Å². The van der Waals surface area contributed by atoms with E-state index < -0.39 is 36.5 Å². The molecule has 1 saturated heterocycles. The van der Waals surface area contributed by atoms with Crippen molar-refractivity contribution in [2.45, 2.75) is 62.4 Å². The molecule has 6 atom stereocenters. The first-order valence-corrected chi connectivity index (χ1v) is 11.1. The van der Waals surface area contributed by atoms with Gasteiger partial charge in [-0.3, -0.25) is 9.36 Å². The molecule has 0 saturated carbocycles. The largest absolute Gasteiger partial charge is 0.388 e. The normalized spacial score (nSPS) is 24.3. The second-order valence-electron chi connectivity index (χ2n) is 8.51. The van der Waals surface area contributed by atoms with E-state index in [4.69, 9.17) is 21.9 Å². The van der Waals surface area contributed by atoms with Crippen LogP contribution in [0, 0.1) is 0 Å². The Hall–Kier alpha value is -3.16. The maximum absolute atomic E-state index is 11.4. The minimum atomic E-state index is -1.21. The Morgan fingerprint density at radius 1 is 1.15 bits per heavy atom. The molecule has 1 aliphatic heterocycles. The Bertz CT molecular complexity index is 1110. The number of imidazole rings is 1. The molecule has 1 fully saturated rings. The lowest BCUT2D eigenvalue weighted by Crippen LogP contribution is -2.41. The van der Waals surface area contributed by atoms with Gasteiger partial charge in [0.2, 0.25) is 5.91 Å². The van der Waals surface area contributed by atoms with Crippen LogP contribution in [0.2, 0.25) is 0 Å². The van der Waals surface area contributed by atoms with E-state index >= 15 is 0 Å². The van der Waals surface area contributed by atoms with Gasteiger partial charge >= 0.3 is 0 Å². The predicted molar refractivity (Wildman–Crippen MR) is 124 cm³/mol. The first-order valence-electron chi connectivity index (χ1n) is 11.1. The van der Waals surface area contributed by atoms with Crippen molar-refractivity contribution in [3.8, 4) is 0 Å². The second kappa shape index (κ2) is 10.4. The molecular weight excluding hydrogens is 440 g/mol. The summed E-state index contributed by atoms with van der Waals surface area (Å²) >= 11 is 0. The third-order valence-corrected chi connectivity index (χ3v) is 6.14. The number of nitrogens with two attached hydrogens (primary N) is 3. The highest BCUT2D eigenvalue weighted by atomic mass is 16.6. The van der Waals surface area contributed by atoms with Crippen LogP contribution in [0.15, 0.2) is 43.0 Å². The monoisotopic (exact) mass is 470 g/mol. The number of benzene rings is 1. The van der Waals surface area contributed by atoms with E-state index in [9.17, 15) is 15.0 Å². The van der Waals surface area contributed by atoms with Gasteiger partial charge in [0.25, 0.3) is 0 Å². The summed E-state index contributed by atoms with van der Waals surface area (Å²) in [5, 5.41) is 24.9. The van der Waals surface area contributed by atoms with Gasteiger partial charge in [-0.2, -0.15) is 0 Å². The van der Waals surface area contributed by atoms with Crippen molar-refractivity contribution in [1.29, 1.82) is 0 Å². The fraction of sp³-hybridized carbons (Fsp3) is 0.455. The van der Waals surface area contributed by atoms with Crippen LogP contribution in [0.3, 0.4) is 0 Å². The van der Waals surface area contributed by atoms with Crippen molar-refractivity contribution < 1.29 is 19.7 Å². The summed E-state index contributed by atoms with van der Waals surface area (Å²) in [6.45, 7) is 0.578. The number of nitrogen functional groups attached to an aromatic ring is 1. The maximum atomic E-state index is 11.4. The van der Waals surface area contributed by atoms with Crippen LogP contribution in [-0.2, 0) is 16.1 Å². The number of anilines is 1. The predicted octanol–water partition coefficient (Wildman–Crippen LogP) is -0.831. The smallest absolute Gasteiger partial charge is 0.234 e. The Balaban J connectivity index is 1.48. The van der Waals surface area contributed by atoms with E-state index in [1.807, 2.05) is 30.3 Å². The number of hydrogen-bond donors (Lipinski definition) is 6. The maximum Gasteiger partial charge on any atom is 0.234 e. The average Bonchev–Trinajstić information content (AvgIpc) is 3.38. The zero-order chi connectivity index (χ0) is 24.2. The van der Waals surface area contributed by atoms with Crippen LogP contribution >= 0.6 is 0 Å². The first kappa shape index (κ1) is 24.0. The standard InChI is InChI=1S/C22H30N8O4/c23-14(20(25)33)7-6-13(26-9-12-4-2-1-3-5-12)8-15-17(31)18(32)22(34-15)30-11-29-16-19(24)27-10-28-21(16)30/h1-5,10-11,13-15,17-18,22,26,31-32H,6-9,23H2,(H2,25,33)(H2,24,27,28)/t13-,14-,15+,17-,18?,22+/m0/s1. The van der Waals surface area contributed by atoms with Crippen molar-refractivity contribution in [2.75, 3.05) is 5.73 Å². The molecule has 1 unspecified atom stereocenters.